The van der Waals surface area contributed by atoms with Gasteiger partial charge < -0.3 is 4.90 Å². The summed E-state index contributed by atoms with van der Waals surface area (Å²) in [6.45, 7) is 9.52. The Balaban J connectivity index is 1.07. The molecular weight excluding hydrogens is 592 g/mol. The number of halogens is 1. The highest BCUT2D eigenvalue weighted by Crippen LogP contribution is 2.51. The van der Waals surface area contributed by atoms with E-state index in [1.54, 1.807) is 5.56 Å². The van der Waals surface area contributed by atoms with Gasteiger partial charge in [-0.15, -0.1) is 0 Å². The van der Waals surface area contributed by atoms with Crippen molar-refractivity contribution in [2.24, 2.45) is 5.41 Å². The molecule has 0 aromatic heterocycles. The Hall–Kier alpha value is -3.88. The van der Waals surface area contributed by atoms with Crippen LogP contribution in [0, 0.1) is 5.41 Å². The average Bonchev–Trinajstić information content (AvgIpc) is 3.39. The number of nitrogens with zero attached hydrogens (tertiary/aromatic N) is 2. The van der Waals surface area contributed by atoms with E-state index in [4.69, 9.17) is 11.6 Å². The molecular formula is C44H48ClN2+. The largest absolute Gasteiger partial charge is 0.347 e. The predicted molar refractivity (Wildman–Crippen MR) is 202 cm³/mol. The Bertz CT molecular complexity index is 1960. The number of hydrogen-bond acceptors (Lipinski definition) is 1. The van der Waals surface area contributed by atoms with Gasteiger partial charge >= 0.3 is 0 Å². The van der Waals surface area contributed by atoms with Gasteiger partial charge in [-0.1, -0.05) is 117 Å². The zero-order chi connectivity index (χ0) is 32.9. The highest BCUT2D eigenvalue weighted by Gasteiger charge is 2.55. The maximum Gasteiger partial charge on any atom is 0.182 e. The number of hydrogen-bond donors (Lipinski definition) is 0. The van der Waals surface area contributed by atoms with Gasteiger partial charge in [-0.3, -0.25) is 0 Å². The number of likely N-dealkylation sites (N-methyl/N-ethyl adjacent to an activating group) is 2. The van der Waals surface area contributed by atoms with Gasteiger partial charge in [0.05, 0.1) is 11.3 Å². The van der Waals surface area contributed by atoms with Crippen LogP contribution in [0.4, 0.5) is 5.69 Å². The molecule has 3 heteroatoms. The molecule has 3 aromatic carbocycles. The lowest BCUT2D eigenvalue weighted by molar-refractivity contribution is -0.533. The molecule has 2 heterocycles. The first-order chi connectivity index (χ1) is 22.6. The van der Waals surface area contributed by atoms with Crippen molar-refractivity contribution in [3.63, 3.8) is 0 Å². The van der Waals surface area contributed by atoms with Crippen molar-refractivity contribution in [3.8, 4) is 0 Å². The van der Waals surface area contributed by atoms with Crippen LogP contribution in [-0.4, -0.2) is 30.4 Å². The number of anilines is 1. The van der Waals surface area contributed by atoms with Gasteiger partial charge in [0.25, 0.3) is 0 Å². The minimum atomic E-state index is -0.0837. The summed E-state index contributed by atoms with van der Waals surface area (Å²) in [7, 11) is 4.47. The summed E-state index contributed by atoms with van der Waals surface area (Å²) < 4.78 is 2.55. The predicted octanol–water partition coefficient (Wildman–Crippen LogP) is 10.9. The Morgan fingerprint density at radius 2 is 1.57 bits per heavy atom. The van der Waals surface area contributed by atoms with Crippen LogP contribution in [0.1, 0.15) is 76.0 Å². The average molecular weight is 640 g/mol. The van der Waals surface area contributed by atoms with Crippen LogP contribution in [0.3, 0.4) is 0 Å². The van der Waals surface area contributed by atoms with Gasteiger partial charge in [-0.25, -0.2) is 4.58 Å². The summed E-state index contributed by atoms with van der Waals surface area (Å²) >= 11 is 7.01. The van der Waals surface area contributed by atoms with Crippen LogP contribution in [0.15, 0.2) is 131 Å². The van der Waals surface area contributed by atoms with Gasteiger partial charge in [0.15, 0.2) is 11.8 Å². The highest BCUT2D eigenvalue weighted by molar-refractivity contribution is 6.32. The van der Waals surface area contributed by atoms with E-state index in [1.165, 1.54) is 63.0 Å². The van der Waals surface area contributed by atoms with E-state index in [9.17, 15) is 0 Å². The first-order valence-electron chi connectivity index (χ1n) is 17.4. The first kappa shape index (κ1) is 31.7. The fourth-order valence-electron chi connectivity index (χ4n) is 9.19. The summed E-state index contributed by atoms with van der Waals surface area (Å²) in [5.41, 5.74) is 10.9. The van der Waals surface area contributed by atoms with Crippen molar-refractivity contribution in [2.45, 2.75) is 77.2 Å². The molecule has 0 fully saturated rings. The van der Waals surface area contributed by atoms with Crippen molar-refractivity contribution in [2.75, 3.05) is 19.0 Å². The molecule has 4 aliphatic rings. The monoisotopic (exact) mass is 639 g/mol. The zero-order valence-corrected chi connectivity index (χ0v) is 29.6. The van der Waals surface area contributed by atoms with Crippen LogP contribution in [0.5, 0.6) is 0 Å². The van der Waals surface area contributed by atoms with Crippen molar-refractivity contribution in [1.29, 1.82) is 0 Å². The lowest BCUT2D eigenvalue weighted by atomic mass is 9.66. The molecule has 240 valence electrons. The van der Waals surface area contributed by atoms with Gasteiger partial charge in [0, 0.05) is 41.4 Å². The van der Waals surface area contributed by atoms with E-state index in [0.29, 0.717) is 12.0 Å². The van der Waals surface area contributed by atoms with Crippen molar-refractivity contribution < 1.29 is 4.58 Å². The van der Waals surface area contributed by atoms with E-state index < -0.39 is 0 Å². The lowest BCUT2D eigenvalue weighted by Gasteiger charge is -2.32. The molecule has 0 amide bonds. The number of fused-ring (bicyclic) bond motifs is 6. The van der Waals surface area contributed by atoms with Crippen molar-refractivity contribution in [3.05, 3.63) is 148 Å². The van der Waals surface area contributed by atoms with Crippen LogP contribution in [-0.2, 0) is 11.8 Å². The smallest absolute Gasteiger partial charge is 0.182 e. The molecule has 2 nitrogen and oxygen atoms in total. The second-order valence-electron chi connectivity index (χ2n) is 14.9. The molecule has 2 aliphatic carbocycles. The number of benzene rings is 3. The molecule has 0 bridgehead atoms. The molecule has 7 rings (SSSR count). The standard InChI is InChI=1S/C44H48ClN2/c1-43(2)38(46(5)36-28-26-30-16-7-11-22-34(30)40(36)43)24-13-9-18-32-20-15-21-33(42(32)45)19-10-14-25-39-44(3,4)41-35-23-12-8-17-31(35)27-29-37(41)47(39)6/h7-14,16-19,22-26,28,37,41H,15,20-21,27,29H2,1-6H3/q+1. The van der Waals surface area contributed by atoms with E-state index in [0.717, 1.165) is 24.3 Å². The molecule has 2 aliphatic heterocycles. The normalized spacial score (nSPS) is 25.3. The molecule has 0 spiro atoms. The number of rotatable bonds is 5. The second kappa shape index (κ2) is 12.3. The molecule has 47 heavy (non-hydrogen) atoms. The van der Waals surface area contributed by atoms with Gasteiger partial charge in [-0.2, -0.15) is 0 Å². The topological polar surface area (TPSA) is 6.25 Å². The van der Waals surface area contributed by atoms with Crippen molar-refractivity contribution in [1.82, 2.24) is 0 Å². The third-order valence-electron chi connectivity index (χ3n) is 11.5. The minimum absolute atomic E-state index is 0.0820. The van der Waals surface area contributed by atoms with E-state index in [2.05, 4.69) is 161 Å². The zero-order valence-electron chi connectivity index (χ0n) is 28.9. The molecule has 0 saturated carbocycles. The third-order valence-corrected chi connectivity index (χ3v) is 12.0. The van der Waals surface area contributed by atoms with Crippen molar-refractivity contribution >= 4 is 33.8 Å². The number of allylic oxidation sites excluding steroid dienone is 12. The Kier molecular flexibility index (Phi) is 8.29. The Morgan fingerprint density at radius 3 is 2.43 bits per heavy atom. The van der Waals surface area contributed by atoms with Crippen LogP contribution >= 0.6 is 11.6 Å². The highest BCUT2D eigenvalue weighted by atomic mass is 35.5. The SMILES string of the molecule is CN1C(=CC=CC=C2CCCC(C=CC=CC3=[N+](C)C4CCc5ccccc5C4C3(C)C)=C2Cl)C(C)(C)c2c1ccc1ccccc21. The summed E-state index contributed by atoms with van der Waals surface area (Å²) in [5, 5.41) is 3.54. The maximum atomic E-state index is 7.01. The van der Waals surface area contributed by atoms with Crippen LogP contribution < -0.4 is 4.90 Å². The molecule has 2 atom stereocenters. The Labute approximate surface area is 286 Å². The summed E-state index contributed by atoms with van der Waals surface area (Å²) in [4.78, 5) is 2.35. The quantitative estimate of drug-likeness (QED) is 0.199. The third kappa shape index (κ3) is 5.39. The van der Waals surface area contributed by atoms with Crippen LogP contribution in [0.2, 0.25) is 0 Å². The maximum absolute atomic E-state index is 7.01. The fraction of sp³-hybridized carbons (Fsp3) is 0.341. The fourth-order valence-corrected chi connectivity index (χ4v) is 9.51. The van der Waals surface area contributed by atoms with E-state index in [-0.39, 0.29) is 10.8 Å². The summed E-state index contributed by atoms with van der Waals surface area (Å²) in [6.07, 6.45) is 23.3. The molecule has 0 N–H and O–H groups in total. The molecule has 0 radical (unpaired) electrons. The van der Waals surface area contributed by atoms with E-state index in [1.807, 2.05) is 0 Å². The molecule has 3 aromatic rings. The second-order valence-corrected chi connectivity index (χ2v) is 15.3. The van der Waals surface area contributed by atoms with Gasteiger partial charge in [0.2, 0.25) is 0 Å². The van der Waals surface area contributed by atoms with Gasteiger partial charge in [-0.05, 0) is 90.3 Å². The molecule has 2 unspecified atom stereocenters. The molecule has 0 saturated heterocycles. The van der Waals surface area contributed by atoms with Gasteiger partial charge in [0.1, 0.15) is 7.05 Å². The Morgan fingerprint density at radius 1 is 0.830 bits per heavy atom. The van der Waals surface area contributed by atoms with Crippen LogP contribution in [0.25, 0.3) is 10.8 Å². The first-order valence-corrected chi connectivity index (χ1v) is 17.7. The number of aryl methyl sites for hydroxylation is 1. The lowest BCUT2D eigenvalue weighted by Crippen LogP contribution is -2.34. The van der Waals surface area contributed by atoms with E-state index >= 15 is 0 Å². The summed E-state index contributed by atoms with van der Waals surface area (Å²) in [6, 6.07) is 22.9. The minimum Gasteiger partial charge on any atom is -0.347 e. The summed E-state index contributed by atoms with van der Waals surface area (Å²) in [5.74, 6) is 0.531.